The molecule has 0 aromatic carbocycles. The molecular formula is C16H26ClNOS. The van der Waals surface area contributed by atoms with Crippen LogP contribution in [0.5, 0.6) is 0 Å². The summed E-state index contributed by atoms with van der Waals surface area (Å²) in [6.45, 7) is 10.9. The molecule has 1 N–H and O–H groups in total. The lowest BCUT2D eigenvalue weighted by molar-refractivity contribution is -0.123. The van der Waals surface area contributed by atoms with E-state index in [1.54, 1.807) is 11.3 Å². The number of rotatable bonds is 7. The Bertz CT molecular complexity index is 430. The van der Waals surface area contributed by atoms with Gasteiger partial charge >= 0.3 is 0 Å². The van der Waals surface area contributed by atoms with E-state index in [0.29, 0.717) is 18.1 Å². The van der Waals surface area contributed by atoms with Crippen molar-refractivity contribution >= 4 is 22.9 Å². The molecule has 0 radical (unpaired) electrons. The van der Waals surface area contributed by atoms with Crippen molar-refractivity contribution in [3.05, 3.63) is 21.3 Å². The molecule has 1 aliphatic rings. The molecule has 0 aliphatic heterocycles. The van der Waals surface area contributed by atoms with Gasteiger partial charge in [-0.3, -0.25) is 0 Å². The first-order valence-corrected chi connectivity index (χ1v) is 8.68. The van der Waals surface area contributed by atoms with Crippen molar-refractivity contribution in [3.63, 3.8) is 0 Å². The molecule has 1 aromatic heterocycles. The van der Waals surface area contributed by atoms with Gasteiger partial charge in [-0.2, -0.15) is 0 Å². The van der Waals surface area contributed by atoms with Crippen LogP contribution in [0, 0.1) is 11.3 Å². The summed E-state index contributed by atoms with van der Waals surface area (Å²) in [6.07, 6.45) is 2.59. The first-order valence-electron chi connectivity index (χ1n) is 7.48. The van der Waals surface area contributed by atoms with Crippen molar-refractivity contribution in [2.75, 3.05) is 13.2 Å². The summed E-state index contributed by atoms with van der Waals surface area (Å²) < 4.78 is 6.88. The fraction of sp³-hybridized carbons (Fsp3) is 0.750. The van der Waals surface area contributed by atoms with Crippen LogP contribution < -0.4 is 5.32 Å². The molecule has 0 saturated heterocycles. The van der Waals surface area contributed by atoms with Crippen LogP contribution in [-0.2, 0) is 11.2 Å². The van der Waals surface area contributed by atoms with Crippen LogP contribution in [0.2, 0.25) is 4.34 Å². The molecule has 0 bridgehead atoms. The van der Waals surface area contributed by atoms with Crippen LogP contribution in [0.25, 0.3) is 0 Å². The zero-order chi connectivity index (χ0) is 14.8. The predicted molar refractivity (Wildman–Crippen MR) is 87.8 cm³/mol. The van der Waals surface area contributed by atoms with Crippen LogP contribution in [0.3, 0.4) is 0 Å². The monoisotopic (exact) mass is 315 g/mol. The molecular weight excluding hydrogens is 290 g/mol. The van der Waals surface area contributed by atoms with Crippen molar-refractivity contribution < 1.29 is 4.74 Å². The van der Waals surface area contributed by atoms with Gasteiger partial charge in [0.2, 0.25) is 0 Å². The molecule has 20 heavy (non-hydrogen) atoms. The maximum Gasteiger partial charge on any atom is 0.0931 e. The highest BCUT2D eigenvalue weighted by molar-refractivity contribution is 7.16. The minimum absolute atomic E-state index is 0.238. The molecule has 1 saturated carbocycles. The Balaban J connectivity index is 1.70. The lowest BCUT2D eigenvalue weighted by Crippen LogP contribution is -2.61. The van der Waals surface area contributed by atoms with Crippen molar-refractivity contribution in [1.29, 1.82) is 0 Å². The van der Waals surface area contributed by atoms with Crippen LogP contribution in [0.4, 0.5) is 0 Å². The van der Waals surface area contributed by atoms with E-state index in [2.05, 4.69) is 39.1 Å². The van der Waals surface area contributed by atoms with Crippen molar-refractivity contribution in [1.82, 2.24) is 5.32 Å². The molecule has 4 heteroatoms. The first kappa shape index (κ1) is 16.3. The zero-order valence-corrected chi connectivity index (χ0v) is 14.5. The van der Waals surface area contributed by atoms with Gasteiger partial charge in [0.05, 0.1) is 10.4 Å². The minimum atomic E-state index is 0.238. The summed E-state index contributed by atoms with van der Waals surface area (Å²) in [5.41, 5.74) is 0.238. The SMILES string of the molecule is CC(C)COC1CC(NCCc2ccc(Cl)s2)C1(C)C. The Morgan fingerprint density at radius 3 is 2.75 bits per heavy atom. The van der Waals surface area contributed by atoms with Crippen LogP contribution >= 0.6 is 22.9 Å². The number of nitrogens with one attached hydrogen (secondary N) is 1. The van der Waals surface area contributed by atoms with Gasteiger partial charge in [-0.05, 0) is 30.9 Å². The van der Waals surface area contributed by atoms with E-state index < -0.39 is 0 Å². The number of halogens is 1. The van der Waals surface area contributed by atoms with Gasteiger partial charge in [0, 0.05) is 29.5 Å². The Morgan fingerprint density at radius 1 is 1.45 bits per heavy atom. The average molecular weight is 316 g/mol. The first-order chi connectivity index (χ1) is 9.39. The number of hydrogen-bond acceptors (Lipinski definition) is 3. The molecule has 2 nitrogen and oxygen atoms in total. The fourth-order valence-corrected chi connectivity index (χ4v) is 3.77. The third-order valence-electron chi connectivity index (χ3n) is 4.20. The molecule has 0 spiro atoms. The van der Waals surface area contributed by atoms with Gasteiger partial charge in [0.15, 0.2) is 0 Å². The highest BCUT2D eigenvalue weighted by Crippen LogP contribution is 2.42. The van der Waals surface area contributed by atoms with Gasteiger partial charge in [0.25, 0.3) is 0 Å². The smallest absolute Gasteiger partial charge is 0.0931 e. The van der Waals surface area contributed by atoms with E-state index in [1.165, 1.54) is 4.88 Å². The highest BCUT2D eigenvalue weighted by atomic mass is 35.5. The summed E-state index contributed by atoms with van der Waals surface area (Å²) in [5.74, 6) is 0.612. The number of hydrogen-bond donors (Lipinski definition) is 1. The molecule has 2 unspecified atom stereocenters. The minimum Gasteiger partial charge on any atom is -0.377 e. The van der Waals surface area contributed by atoms with Crippen molar-refractivity contribution in [3.8, 4) is 0 Å². The Kier molecular flexibility index (Phi) is 5.52. The van der Waals surface area contributed by atoms with Gasteiger partial charge in [-0.15, -0.1) is 11.3 Å². The third-order valence-corrected chi connectivity index (χ3v) is 5.49. The summed E-state index contributed by atoms with van der Waals surface area (Å²) in [7, 11) is 0. The fourth-order valence-electron chi connectivity index (χ4n) is 2.68. The summed E-state index contributed by atoms with van der Waals surface area (Å²) >= 11 is 7.62. The molecule has 0 amide bonds. The Labute approximate surface area is 131 Å². The van der Waals surface area contributed by atoms with Gasteiger partial charge in [-0.1, -0.05) is 39.3 Å². The summed E-state index contributed by atoms with van der Waals surface area (Å²) in [5, 5.41) is 3.67. The molecule has 1 aromatic rings. The standard InChI is InChI=1S/C16H26ClNOS/c1-11(2)10-19-14-9-13(16(14,3)4)18-8-7-12-5-6-15(17)20-12/h5-6,11,13-14,18H,7-10H2,1-4H3. The quantitative estimate of drug-likeness (QED) is 0.806. The predicted octanol–water partition coefficient (Wildman–Crippen LogP) is 4.37. The topological polar surface area (TPSA) is 21.3 Å². The second kappa shape index (κ2) is 6.78. The van der Waals surface area contributed by atoms with Crippen molar-refractivity contribution in [2.45, 2.75) is 52.7 Å². The summed E-state index contributed by atoms with van der Waals surface area (Å²) in [4.78, 5) is 1.35. The molecule has 2 rings (SSSR count). The lowest BCUT2D eigenvalue weighted by atomic mass is 9.64. The van der Waals surface area contributed by atoms with Gasteiger partial charge < -0.3 is 10.1 Å². The molecule has 114 valence electrons. The molecule has 1 aliphatic carbocycles. The van der Waals surface area contributed by atoms with Gasteiger partial charge in [-0.25, -0.2) is 0 Å². The second-order valence-electron chi connectivity index (χ2n) is 6.74. The Hall–Kier alpha value is -0.0900. The largest absolute Gasteiger partial charge is 0.377 e. The Morgan fingerprint density at radius 2 is 2.20 bits per heavy atom. The van der Waals surface area contributed by atoms with Crippen molar-refractivity contribution in [2.24, 2.45) is 11.3 Å². The van der Waals surface area contributed by atoms with E-state index in [-0.39, 0.29) is 5.41 Å². The van der Waals surface area contributed by atoms with E-state index in [9.17, 15) is 0 Å². The number of ether oxygens (including phenoxy) is 1. The molecule has 2 atom stereocenters. The van der Waals surface area contributed by atoms with Crippen LogP contribution in [0.1, 0.15) is 39.0 Å². The van der Waals surface area contributed by atoms with E-state index in [4.69, 9.17) is 16.3 Å². The second-order valence-corrected chi connectivity index (χ2v) is 8.54. The maximum absolute atomic E-state index is 6.00. The lowest BCUT2D eigenvalue weighted by Gasteiger charge is -2.52. The van der Waals surface area contributed by atoms with E-state index in [1.807, 2.05) is 6.07 Å². The van der Waals surface area contributed by atoms with Crippen LogP contribution in [-0.4, -0.2) is 25.3 Å². The summed E-state index contributed by atoms with van der Waals surface area (Å²) in [6, 6.07) is 4.66. The van der Waals surface area contributed by atoms with Gasteiger partial charge in [0.1, 0.15) is 0 Å². The molecule has 1 fully saturated rings. The van der Waals surface area contributed by atoms with Crippen LogP contribution in [0.15, 0.2) is 12.1 Å². The normalized spacial score (nSPS) is 24.9. The number of thiophene rings is 1. The van der Waals surface area contributed by atoms with E-state index in [0.717, 1.165) is 30.3 Å². The maximum atomic E-state index is 6.00. The third kappa shape index (κ3) is 3.97. The molecule has 1 heterocycles. The average Bonchev–Trinajstić information content (AvgIpc) is 2.77. The highest BCUT2D eigenvalue weighted by Gasteiger charge is 2.48. The zero-order valence-electron chi connectivity index (χ0n) is 12.9. The van der Waals surface area contributed by atoms with E-state index >= 15 is 0 Å².